The molecule has 0 amide bonds. The molecule has 1 aromatic carbocycles. The van der Waals surface area contributed by atoms with Gasteiger partial charge in [0, 0.05) is 5.92 Å². The summed E-state index contributed by atoms with van der Waals surface area (Å²) in [4.78, 5) is 10.8. The second kappa shape index (κ2) is 4.05. The Morgan fingerprint density at radius 3 is 2.71 bits per heavy atom. The molecule has 0 heterocycles. The quantitative estimate of drug-likeness (QED) is 0.646. The molecule has 1 nitrogen and oxygen atoms in total. The van der Waals surface area contributed by atoms with E-state index in [1.165, 1.54) is 5.56 Å². The molecular formula is C13H12O. The van der Waals surface area contributed by atoms with E-state index in [9.17, 15) is 4.79 Å². The number of rotatable bonds is 2. The summed E-state index contributed by atoms with van der Waals surface area (Å²) in [6.45, 7) is 0. The van der Waals surface area contributed by atoms with Crippen LogP contribution >= 0.6 is 0 Å². The zero-order valence-electron chi connectivity index (χ0n) is 7.89. The minimum Gasteiger partial charge on any atom is -0.298 e. The molecule has 14 heavy (non-hydrogen) atoms. The number of aldehydes is 1. The lowest BCUT2D eigenvalue weighted by molar-refractivity contribution is -0.105. The van der Waals surface area contributed by atoms with Crippen LogP contribution in [0.15, 0.2) is 54.1 Å². The normalized spacial score (nSPS) is 20.3. The van der Waals surface area contributed by atoms with Crippen LogP contribution in [0.3, 0.4) is 0 Å². The summed E-state index contributed by atoms with van der Waals surface area (Å²) >= 11 is 0. The Morgan fingerprint density at radius 2 is 2.00 bits per heavy atom. The Kier molecular flexibility index (Phi) is 2.59. The van der Waals surface area contributed by atoms with Crippen molar-refractivity contribution in [2.75, 3.05) is 0 Å². The van der Waals surface area contributed by atoms with Gasteiger partial charge in [-0.2, -0.15) is 0 Å². The van der Waals surface area contributed by atoms with Gasteiger partial charge in [0.05, 0.1) is 0 Å². The number of carbonyl (C=O) groups is 1. The van der Waals surface area contributed by atoms with E-state index in [0.717, 1.165) is 18.3 Å². The summed E-state index contributed by atoms with van der Waals surface area (Å²) in [5, 5.41) is 0. The average Bonchev–Trinajstić information content (AvgIpc) is 2.30. The van der Waals surface area contributed by atoms with E-state index in [1.54, 1.807) is 0 Å². The first-order chi connectivity index (χ1) is 6.92. The van der Waals surface area contributed by atoms with Crippen molar-refractivity contribution < 1.29 is 4.79 Å². The SMILES string of the molecule is O=CC1=CC=CC[C@H]1c1ccccc1. The van der Waals surface area contributed by atoms with Crippen molar-refractivity contribution in [1.82, 2.24) is 0 Å². The van der Waals surface area contributed by atoms with Gasteiger partial charge in [0.1, 0.15) is 6.29 Å². The van der Waals surface area contributed by atoms with Gasteiger partial charge >= 0.3 is 0 Å². The molecule has 70 valence electrons. The third-order valence-corrected chi connectivity index (χ3v) is 2.54. The first-order valence-corrected chi connectivity index (χ1v) is 4.78. The molecular weight excluding hydrogens is 172 g/mol. The molecule has 0 saturated heterocycles. The van der Waals surface area contributed by atoms with E-state index >= 15 is 0 Å². The van der Waals surface area contributed by atoms with Crippen LogP contribution in [0.1, 0.15) is 17.9 Å². The lowest BCUT2D eigenvalue weighted by atomic mass is 9.86. The van der Waals surface area contributed by atoms with Crippen molar-refractivity contribution in [2.45, 2.75) is 12.3 Å². The van der Waals surface area contributed by atoms with Gasteiger partial charge < -0.3 is 0 Å². The fourth-order valence-corrected chi connectivity index (χ4v) is 1.78. The second-order valence-electron chi connectivity index (χ2n) is 3.41. The average molecular weight is 184 g/mol. The third-order valence-electron chi connectivity index (χ3n) is 2.54. The summed E-state index contributed by atoms with van der Waals surface area (Å²) in [5.41, 5.74) is 2.09. The molecule has 0 aliphatic heterocycles. The predicted octanol–water partition coefficient (Wildman–Crippen LogP) is 2.86. The van der Waals surface area contributed by atoms with Crippen LogP contribution in [0.25, 0.3) is 0 Å². The Hall–Kier alpha value is -1.63. The van der Waals surface area contributed by atoms with Crippen LogP contribution < -0.4 is 0 Å². The van der Waals surface area contributed by atoms with Gasteiger partial charge in [-0.05, 0) is 17.6 Å². The predicted molar refractivity (Wildman–Crippen MR) is 57.1 cm³/mol. The summed E-state index contributed by atoms with van der Waals surface area (Å²) in [6, 6.07) is 10.2. The van der Waals surface area contributed by atoms with Gasteiger partial charge in [0.2, 0.25) is 0 Å². The molecule has 0 radical (unpaired) electrons. The van der Waals surface area contributed by atoms with E-state index in [1.807, 2.05) is 30.4 Å². The van der Waals surface area contributed by atoms with Crippen LogP contribution in [-0.4, -0.2) is 6.29 Å². The molecule has 0 aromatic heterocycles. The standard InChI is InChI=1S/C13H12O/c14-10-12-8-4-5-9-13(12)11-6-2-1-3-7-11/h1-8,10,13H,9H2/t13-/m0/s1. The van der Waals surface area contributed by atoms with Gasteiger partial charge in [-0.3, -0.25) is 4.79 Å². The number of hydrogen-bond donors (Lipinski definition) is 0. The van der Waals surface area contributed by atoms with Crippen LogP contribution in [0, 0.1) is 0 Å². The van der Waals surface area contributed by atoms with E-state index < -0.39 is 0 Å². The highest BCUT2D eigenvalue weighted by molar-refractivity contribution is 5.77. The van der Waals surface area contributed by atoms with E-state index in [0.29, 0.717) is 0 Å². The Bertz CT molecular complexity index is 373. The summed E-state index contributed by atoms with van der Waals surface area (Å²) in [5.74, 6) is 0.249. The van der Waals surface area contributed by atoms with Crippen LogP contribution in [0.2, 0.25) is 0 Å². The minimum absolute atomic E-state index is 0.249. The highest BCUT2D eigenvalue weighted by atomic mass is 16.1. The van der Waals surface area contributed by atoms with Crippen LogP contribution in [-0.2, 0) is 4.79 Å². The van der Waals surface area contributed by atoms with Gasteiger partial charge in [-0.1, -0.05) is 48.6 Å². The molecule has 1 aliphatic rings. The monoisotopic (exact) mass is 184 g/mol. The molecule has 1 aromatic rings. The maximum atomic E-state index is 10.8. The van der Waals surface area contributed by atoms with Gasteiger partial charge in [-0.25, -0.2) is 0 Å². The molecule has 0 unspecified atom stereocenters. The zero-order valence-corrected chi connectivity index (χ0v) is 7.89. The van der Waals surface area contributed by atoms with E-state index in [2.05, 4.69) is 18.2 Å². The largest absolute Gasteiger partial charge is 0.298 e. The lowest BCUT2D eigenvalue weighted by Gasteiger charge is -2.17. The summed E-state index contributed by atoms with van der Waals surface area (Å²) in [7, 11) is 0. The summed E-state index contributed by atoms with van der Waals surface area (Å²) < 4.78 is 0. The van der Waals surface area contributed by atoms with Crippen molar-refractivity contribution in [3.05, 3.63) is 59.7 Å². The molecule has 0 saturated carbocycles. The van der Waals surface area contributed by atoms with Crippen LogP contribution in [0.4, 0.5) is 0 Å². The van der Waals surface area contributed by atoms with Crippen molar-refractivity contribution in [1.29, 1.82) is 0 Å². The van der Waals surface area contributed by atoms with Crippen molar-refractivity contribution in [3.63, 3.8) is 0 Å². The Morgan fingerprint density at radius 1 is 1.21 bits per heavy atom. The van der Waals surface area contributed by atoms with E-state index in [4.69, 9.17) is 0 Å². The lowest BCUT2D eigenvalue weighted by Crippen LogP contribution is -2.05. The van der Waals surface area contributed by atoms with Crippen molar-refractivity contribution >= 4 is 6.29 Å². The highest BCUT2D eigenvalue weighted by Gasteiger charge is 2.15. The number of hydrogen-bond acceptors (Lipinski definition) is 1. The first kappa shape index (κ1) is 8.95. The second-order valence-corrected chi connectivity index (χ2v) is 3.41. The number of carbonyl (C=O) groups excluding carboxylic acids is 1. The van der Waals surface area contributed by atoms with Gasteiger partial charge in [-0.15, -0.1) is 0 Å². The summed E-state index contributed by atoms with van der Waals surface area (Å²) in [6.07, 6.45) is 7.83. The van der Waals surface area contributed by atoms with Crippen molar-refractivity contribution in [3.8, 4) is 0 Å². The molecule has 0 bridgehead atoms. The third kappa shape index (κ3) is 1.67. The molecule has 1 aliphatic carbocycles. The van der Waals surface area contributed by atoms with Crippen molar-refractivity contribution in [2.24, 2.45) is 0 Å². The van der Waals surface area contributed by atoms with E-state index in [-0.39, 0.29) is 5.92 Å². The molecule has 0 N–H and O–H groups in total. The maximum absolute atomic E-state index is 10.8. The highest BCUT2D eigenvalue weighted by Crippen LogP contribution is 2.29. The topological polar surface area (TPSA) is 17.1 Å². The Labute approximate surface area is 83.8 Å². The molecule has 2 rings (SSSR count). The minimum atomic E-state index is 0.249. The van der Waals surface area contributed by atoms with Crippen LogP contribution in [0.5, 0.6) is 0 Å². The maximum Gasteiger partial charge on any atom is 0.146 e. The fourth-order valence-electron chi connectivity index (χ4n) is 1.78. The Balaban J connectivity index is 2.32. The molecule has 1 heteroatoms. The fraction of sp³-hybridized carbons (Fsp3) is 0.154. The van der Waals surface area contributed by atoms with Gasteiger partial charge in [0.15, 0.2) is 0 Å². The molecule has 0 spiro atoms. The zero-order chi connectivity index (χ0) is 9.80. The number of benzene rings is 1. The molecule has 1 atom stereocenters. The molecule has 0 fully saturated rings. The number of allylic oxidation sites excluding steroid dienone is 4. The smallest absolute Gasteiger partial charge is 0.146 e. The first-order valence-electron chi connectivity index (χ1n) is 4.78. The van der Waals surface area contributed by atoms with Gasteiger partial charge in [0.25, 0.3) is 0 Å².